The zero-order valence-electron chi connectivity index (χ0n) is 11.1. The summed E-state index contributed by atoms with van der Waals surface area (Å²) in [6.07, 6.45) is 1.36. The van der Waals surface area contributed by atoms with E-state index in [1.165, 1.54) is 6.20 Å². The van der Waals surface area contributed by atoms with Crippen molar-refractivity contribution in [3.8, 4) is 17.4 Å². The van der Waals surface area contributed by atoms with Crippen LogP contribution in [0.4, 0.5) is 0 Å². The molecule has 0 saturated heterocycles. The molecule has 1 N–H and O–H groups in total. The van der Waals surface area contributed by atoms with Gasteiger partial charge in [0.25, 0.3) is 0 Å². The van der Waals surface area contributed by atoms with E-state index in [0.717, 1.165) is 10.0 Å². The normalized spacial score (nSPS) is 22.1. The fourth-order valence-electron chi connectivity index (χ4n) is 2.80. The Bertz CT molecular complexity index is 737. The number of pyridine rings is 1. The molecule has 4 rings (SSSR count). The predicted octanol–water partition coefficient (Wildman–Crippen LogP) is 3.35. The van der Waals surface area contributed by atoms with Gasteiger partial charge in [0, 0.05) is 17.0 Å². The van der Waals surface area contributed by atoms with Crippen LogP contribution >= 0.6 is 15.9 Å². The number of aromatic hydroxyl groups is 1. The molecule has 2 aromatic rings. The SMILES string of the molecule is CC1=NC2(CO1)c1cc(Br)ccc1Oc1ncc(O)cc12. The molecule has 6 heteroatoms. The molecule has 0 bridgehead atoms. The van der Waals surface area contributed by atoms with Gasteiger partial charge >= 0.3 is 0 Å². The summed E-state index contributed by atoms with van der Waals surface area (Å²) in [4.78, 5) is 8.86. The van der Waals surface area contributed by atoms with E-state index < -0.39 is 5.54 Å². The van der Waals surface area contributed by atoms with Gasteiger partial charge in [-0.1, -0.05) is 15.9 Å². The Labute approximate surface area is 129 Å². The number of aromatic nitrogens is 1. The molecule has 0 radical (unpaired) electrons. The maximum absolute atomic E-state index is 9.78. The van der Waals surface area contributed by atoms with Crippen LogP contribution in [0.15, 0.2) is 39.9 Å². The van der Waals surface area contributed by atoms with E-state index in [2.05, 4.69) is 25.9 Å². The van der Waals surface area contributed by atoms with Gasteiger partial charge in [-0.05, 0) is 24.3 Å². The minimum absolute atomic E-state index is 0.0786. The van der Waals surface area contributed by atoms with Crippen LogP contribution in [0, 0.1) is 0 Å². The van der Waals surface area contributed by atoms with Gasteiger partial charge in [-0.2, -0.15) is 0 Å². The van der Waals surface area contributed by atoms with Gasteiger partial charge in [0.1, 0.15) is 18.1 Å². The average Bonchev–Trinajstić information content (AvgIpc) is 2.84. The van der Waals surface area contributed by atoms with Gasteiger partial charge < -0.3 is 14.6 Å². The van der Waals surface area contributed by atoms with E-state index in [1.54, 1.807) is 6.07 Å². The fourth-order valence-corrected chi connectivity index (χ4v) is 3.16. The van der Waals surface area contributed by atoms with Crippen molar-refractivity contribution >= 4 is 21.8 Å². The second kappa shape index (κ2) is 4.21. The number of halogens is 1. The first-order valence-electron chi connectivity index (χ1n) is 6.45. The Morgan fingerprint density at radius 2 is 2.14 bits per heavy atom. The Morgan fingerprint density at radius 3 is 2.90 bits per heavy atom. The van der Waals surface area contributed by atoms with E-state index in [-0.39, 0.29) is 5.75 Å². The number of hydrogen-bond donors (Lipinski definition) is 1. The molecule has 1 spiro atoms. The molecule has 0 aliphatic carbocycles. The van der Waals surface area contributed by atoms with Gasteiger partial charge in [0.05, 0.1) is 11.8 Å². The summed E-state index contributed by atoms with van der Waals surface area (Å²) in [5.41, 5.74) is 0.890. The number of rotatable bonds is 0. The smallest absolute Gasteiger partial charge is 0.225 e. The van der Waals surface area contributed by atoms with Crippen molar-refractivity contribution in [1.29, 1.82) is 0 Å². The number of nitrogens with zero attached hydrogens (tertiary/aromatic N) is 2. The predicted molar refractivity (Wildman–Crippen MR) is 80.0 cm³/mol. The molecule has 0 saturated carbocycles. The standard InChI is InChI=1S/C15H11BrN2O3/c1-8-18-15(7-20-8)11-4-9(16)2-3-13(11)21-14-12(15)5-10(19)6-17-14/h2-6,19H,7H2,1H3. The minimum Gasteiger partial charge on any atom is -0.506 e. The third-order valence-electron chi connectivity index (χ3n) is 3.71. The topological polar surface area (TPSA) is 63.9 Å². The molecule has 0 fully saturated rings. The largest absolute Gasteiger partial charge is 0.506 e. The molecule has 3 heterocycles. The molecule has 2 aliphatic heterocycles. The summed E-state index contributed by atoms with van der Waals surface area (Å²) >= 11 is 3.48. The van der Waals surface area contributed by atoms with Crippen molar-refractivity contribution in [3.05, 3.63) is 46.1 Å². The van der Waals surface area contributed by atoms with Crippen LogP contribution in [0.25, 0.3) is 0 Å². The van der Waals surface area contributed by atoms with Gasteiger partial charge in [-0.15, -0.1) is 0 Å². The maximum atomic E-state index is 9.78. The lowest BCUT2D eigenvalue weighted by Gasteiger charge is -2.32. The van der Waals surface area contributed by atoms with Crippen LogP contribution in [0.5, 0.6) is 17.4 Å². The first-order chi connectivity index (χ1) is 10.1. The molecule has 1 aromatic heterocycles. The number of benzene rings is 1. The second-order valence-corrected chi connectivity index (χ2v) is 5.98. The van der Waals surface area contributed by atoms with Crippen LogP contribution in [-0.4, -0.2) is 22.6 Å². The van der Waals surface area contributed by atoms with Crippen LogP contribution in [0.2, 0.25) is 0 Å². The Hall–Kier alpha value is -2.08. The lowest BCUT2D eigenvalue weighted by Crippen LogP contribution is -2.31. The van der Waals surface area contributed by atoms with Crippen LogP contribution in [0.3, 0.4) is 0 Å². The Morgan fingerprint density at radius 1 is 1.29 bits per heavy atom. The van der Waals surface area contributed by atoms with Gasteiger partial charge in [0.2, 0.25) is 5.88 Å². The average molecular weight is 347 g/mol. The lowest BCUT2D eigenvalue weighted by molar-refractivity contribution is 0.262. The first kappa shape index (κ1) is 12.6. The minimum atomic E-state index is -0.720. The number of hydrogen-bond acceptors (Lipinski definition) is 5. The highest BCUT2D eigenvalue weighted by atomic mass is 79.9. The van der Waals surface area contributed by atoms with Crippen molar-refractivity contribution in [3.63, 3.8) is 0 Å². The summed E-state index contributed by atoms with van der Waals surface area (Å²) in [5.74, 6) is 1.84. The summed E-state index contributed by atoms with van der Waals surface area (Å²) in [7, 11) is 0. The van der Waals surface area contributed by atoms with Crippen LogP contribution < -0.4 is 4.74 Å². The van der Waals surface area contributed by atoms with Crippen molar-refractivity contribution in [2.24, 2.45) is 4.99 Å². The van der Waals surface area contributed by atoms with E-state index in [1.807, 2.05) is 25.1 Å². The Balaban J connectivity index is 2.05. The lowest BCUT2D eigenvalue weighted by atomic mass is 9.82. The van der Waals surface area contributed by atoms with E-state index >= 15 is 0 Å². The van der Waals surface area contributed by atoms with Crippen molar-refractivity contribution in [1.82, 2.24) is 4.98 Å². The summed E-state index contributed by atoms with van der Waals surface area (Å²) in [6.45, 7) is 2.18. The molecule has 106 valence electrons. The van der Waals surface area contributed by atoms with Gasteiger partial charge in [-0.3, -0.25) is 0 Å². The molecule has 1 atom stereocenters. The molecule has 0 amide bonds. The van der Waals surface area contributed by atoms with Crippen LogP contribution in [0.1, 0.15) is 18.1 Å². The fraction of sp³-hybridized carbons (Fsp3) is 0.200. The zero-order valence-corrected chi connectivity index (χ0v) is 12.7. The van der Waals surface area contributed by atoms with Crippen molar-refractivity contribution in [2.75, 3.05) is 6.61 Å². The molecular weight excluding hydrogens is 336 g/mol. The van der Waals surface area contributed by atoms with Crippen LogP contribution in [-0.2, 0) is 10.3 Å². The summed E-state index contributed by atoms with van der Waals surface area (Å²) < 4.78 is 12.4. The number of ether oxygens (including phenoxy) is 2. The van der Waals surface area contributed by atoms with Gasteiger partial charge in [0.15, 0.2) is 11.4 Å². The highest BCUT2D eigenvalue weighted by Gasteiger charge is 2.47. The Kier molecular flexibility index (Phi) is 2.53. The molecular formula is C15H11BrN2O3. The van der Waals surface area contributed by atoms with Crippen molar-refractivity contribution in [2.45, 2.75) is 12.5 Å². The molecule has 5 nitrogen and oxygen atoms in total. The van der Waals surface area contributed by atoms with Crippen molar-refractivity contribution < 1.29 is 14.6 Å². The van der Waals surface area contributed by atoms with E-state index in [4.69, 9.17) is 9.47 Å². The van der Waals surface area contributed by atoms with E-state index in [9.17, 15) is 5.11 Å². The highest BCUT2D eigenvalue weighted by molar-refractivity contribution is 9.10. The summed E-state index contributed by atoms with van der Waals surface area (Å²) in [6, 6.07) is 7.39. The number of fused-ring (bicyclic) bond motifs is 4. The molecule has 1 aromatic carbocycles. The monoisotopic (exact) mass is 346 g/mol. The second-order valence-electron chi connectivity index (χ2n) is 5.07. The zero-order chi connectivity index (χ0) is 14.6. The highest BCUT2D eigenvalue weighted by Crippen LogP contribution is 2.51. The quantitative estimate of drug-likeness (QED) is 0.794. The van der Waals surface area contributed by atoms with E-state index in [0.29, 0.717) is 29.7 Å². The summed E-state index contributed by atoms with van der Waals surface area (Å²) in [5, 5.41) is 9.78. The van der Waals surface area contributed by atoms with Gasteiger partial charge in [-0.25, -0.2) is 9.98 Å². The number of aliphatic imine (C=N–C) groups is 1. The molecule has 1 unspecified atom stereocenters. The third kappa shape index (κ3) is 1.75. The third-order valence-corrected chi connectivity index (χ3v) is 4.21. The molecule has 21 heavy (non-hydrogen) atoms. The first-order valence-corrected chi connectivity index (χ1v) is 7.24. The maximum Gasteiger partial charge on any atom is 0.225 e. The molecule has 2 aliphatic rings.